The Morgan fingerprint density at radius 3 is 2.48 bits per heavy atom. The van der Waals surface area contributed by atoms with Crippen molar-refractivity contribution in [3.8, 4) is 23.0 Å². The summed E-state index contributed by atoms with van der Waals surface area (Å²) in [5.41, 5.74) is 4.52. The van der Waals surface area contributed by atoms with E-state index in [-0.39, 0.29) is 0 Å². The number of thioether (sulfide) groups is 2. The second kappa shape index (κ2) is 6.73. The van der Waals surface area contributed by atoms with Gasteiger partial charge in [0.25, 0.3) is 0 Å². The summed E-state index contributed by atoms with van der Waals surface area (Å²) in [6.07, 6.45) is 4.94. The number of ether oxygens (including phenoxy) is 1. The number of nitrogens with zero attached hydrogens (tertiary/aromatic N) is 2. The minimum absolute atomic E-state index is 0.680. The van der Waals surface area contributed by atoms with Crippen molar-refractivity contribution >= 4 is 23.5 Å². The summed E-state index contributed by atoms with van der Waals surface area (Å²) in [5, 5.41) is 0.987. The molecule has 2 aromatic carbocycles. The lowest BCUT2D eigenvalue weighted by atomic mass is 10.0. The van der Waals surface area contributed by atoms with Crippen molar-refractivity contribution in [1.82, 2.24) is 9.97 Å². The third kappa shape index (κ3) is 3.14. The zero-order chi connectivity index (χ0) is 17.4. The SMILES string of the molecule is CSc1ccc(-c2nc3c(c(SC)n2)Cc2cc(C)ccc2O3)cc1. The van der Waals surface area contributed by atoms with E-state index in [4.69, 9.17) is 14.7 Å². The Bertz CT molecular complexity index is 939. The first kappa shape index (κ1) is 16.5. The molecule has 25 heavy (non-hydrogen) atoms. The highest BCUT2D eigenvalue weighted by molar-refractivity contribution is 7.98. The molecule has 3 nitrogen and oxygen atoms in total. The molecule has 0 aliphatic carbocycles. The number of hydrogen-bond acceptors (Lipinski definition) is 5. The second-order valence-corrected chi connectivity index (χ2v) is 7.63. The monoisotopic (exact) mass is 366 g/mol. The van der Waals surface area contributed by atoms with Gasteiger partial charge in [-0.1, -0.05) is 29.8 Å². The maximum absolute atomic E-state index is 6.11. The molecule has 0 radical (unpaired) electrons. The van der Waals surface area contributed by atoms with Crippen molar-refractivity contribution in [3.05, 3.63) is 59.2 Å². The summed E-state index contributed by atoms with van der Waals surface area (Å²) in [7, 11) is 0. The van der Waals surface area contributed by atoms with Crippen LogP contribution in [0.4, 0.5) is 0 Å². The highest BCUT2D eigenvalue weighted by Crippen LogP contribution is 2.40. The van der Waals surface area contributed by atoms with Crippen molar-refractivity contribution in [2.45, 2.75) is 23.3 Å². The average Bonchev–Trinajstić information content (AvgIpc) is 2.65. The first-order valence-electron chi connectivity index (χ1n) is 8.04. The molecule has 0 atom stereocenters. The van der Waals surface area contributed by atoms with Crippen LogP contribution in [0.5, 0.6) is 11.6 Å². The van der Waals surface area contributed by atoms with E-state index in [9.17, 15) is 0 Å². The first-order valence-corrected chi connectivity index (χ1v) is 10.5. The minimum atomic E-state index is 0.680. The molecule has 5 heteroatoms. The molecule has 1 aliphatic heterocycles. The third-order valence-electron chi connectivity index (χ3n) is 4.26. The van der Waals surface area contributed by atoms with Crippen LogP contribution in [0.15, 0.2) is 52.4 Å². The van der Waals surface area contributed by atoms with Crippen molar-refractivity contribution in [2.75, 3.05) is 12.5 Å². The van der Waals surface area contributed by atoms with Crippen LogP contribution < -0.4 is 4.74 Å². The molecule has 0 spiro atoms. The van der Waals surface area contributed by atoms with Crippen LogP contribution in [-0.2, 0) is 6.42 Å². The van der Waals surface area contributed by atoms with E-state index in [1.807, 2.05) is 6.07 Å². The Morgan fingerprint density at radius 1 is 0.960 bits per heavy atom. The van der Waals surface area contributed by atoms with Crippen LogP contribution in [0.2, 0.25) is 0 Å². The van der Waals surface area contributed by atoms with E-state index < -0.39 is 0 Å². The third-order valence-corrected chi connectivity index (χ3v) is 5.73. The second-order valence-electron chi connectivity index (χ2n) is 5.96. The topological polar surface area (TPSA) is 35.0 Å². The molecule has 0 saturated carbocycles. The molecule has 0 unspecified atom stereocenters. The number of aromatic nitrogens is 2. The molecule has 4 rings (SSSR count). The molecule has 0 fully saturated rings. The van der Waals surface area contributed by atoms with Gasteiger partial charge in [0, 0.05) is 16.9 Å². The van der Waals surface area contributed by atoms with Gasteiger partial charge in [0.1, 0.15) is 10.8 Å². The lowest BCUT2D eigenvalue weighted by Crippen LogP contribution is -2.09. The molecule has 1 aliphatic rings. The van der Waals surface area contributed by atoms with E-state index >= 15 is 0 Å². The van der Waals surface area contributed by atoms with E-state index in [0.717, 1.165) is 28.3 Å². The molecule has 126 valence electrons. The van der Waals surface area contributed by atoms with Gasteiger partial charge >= 0.3 is 0 Å². The van der Waals surface area contributed by atoms with Gasteiger partial charge in [-0.3, -0.25) is 0 Å². The highest BCUT2D eigenvalue weighted by Gasteiger charge is 2.23. The lowest BCUT2D eigenvalue weighted by Gasteiger charge is -2.21. The van der Waals surface area contributed by atoms with Crippen molar-refractivity contribution in [2.24, 2.45) is 0 Å². The van der Waals surface area contributed by atoms with Crippen molar-refractivity contribution < 1.29 is 4.74 Å². The summed E-state index contributed by atoms with van der Waals surface area (Å²) < 4.78 is 6.11. The Balaban J connectivity index is 1.78. The van der Waals surface area contributed by atoms with Gasteiger partial charge < -0.3 is 4.74 Å². The summed E-state index contributed by atoms with van der Waals surface area (Å²) in [6.45, 7) is 2.10. The van der Waals surface area contributed by atoms with Crippen molar-refractivity contribution in [1.29, 1.82) is 0 Å². The van der Waals surface area contributed by atoms with Crippen LogP contribution in [0.1, 0.15) is 16.7 Å². The zero-order valence-electron chi connectivity index (χ0n) is 14.4. The van der Waals surface area contributed by atoms with Gasteiger partial charge in [-0.2, -0.15) is 4.98 Å². The van der Waals surface area contributed by atoms with Crippen LogP contribution in [0.25, 0.3) is 11.4 Å². The van der Waals surface area contributed by atoms with Crippen LogP contribution >= 0.6 is 23.5 Å². The Kier molecular flexibility index (Phi) is 4.44. The molecular formula is C20H18N2OS2. The smallest absolute Gasteiger partial charge is 0.227 e. The Labute approximate surface area is 156 Å². The van der Waals surface area contributed by atoms with E-state index in [2.05, 4.69) is 55.8 Å². The van der Waals surface area contributed by atoms with Gasteiger partial charge in [0.2, 0.25) is 5.88 Å². The van der Waals surface area contributed by atoms with Gasteiger partial charge in [-0.25, -0.2) is 4.98 Å². The number of aryl methyl sites for hydroxylation is 1. The van der Waals surface area contributed by atoms with Gasteiger partial charge in [0.05, 0.1) is 5.56 Å². The fraction of sp³-hybridized carbons (Fsp3) is 0.200. The van der Waals surface area contributed by atoms with Crippen LogP contribution in [-0.4, -0.2) is 22.5 Å². The molecule has 0 bridgehead atoms. The summed E-state index contributed by atoms with van der Waals surface area (Å²) in [6, 6.07) is 14.6. The molecule has 3 aromatic rings. The minimum Gasteiger partial charge on any atom is -0.438 e. The fourth-order valence-electron chi connectivity index (χ4n) is 2.96. The quantitative estimate of drug-likeness (QED) is 0.349. The molecule has 0 N–H and O–H groups in total. The molecule has 0 amide bonds. The molecule has 2 heterocycles. The first-order chi connectivity index (χ1) is 12.2. The maximum atomic E-state index is 6.11. The predicted octanol–water partition coefficient (Wildman–Crippen LogP) is 5.59. The maximum Gasteiger partial charge on any atom is 0.227 e. The number of hydrogen-bond donors (Lipinski definition) is 0. The van der Waals surface area contributed by atoms with Gasteiger partial charge in [0.15, 0.2) is 5.82 Å². The summed E-state index contributed by atoms with van der Waals surface area (Å²) in [5.74, 6) is 2.29. The van der Waals surface area contributed by atoms with Gasteiger partial charge in [-0.15, -0.1) is 23.5 Å². The standard InChI is InChI=1S/C20H18N2OS2/c1-12-4-9-17-14(10-12)11-16-19(23-17)21-18(22-20(16)25-3)13-5-7-15(24-2)8-6-13/h4-10H,11H2,1-3H3. The summed E-state index contributed by atoms with van der Waals surface area (Å²) in [4.78, 5) is 10.7. The van der Waals surface area contributed by atoms with E-state index in [1.165, 1.54) is 16.0 Å². The van der Waals surface area contributed by atoms with Crippen molar-refractivity contribution in [3.63, 3.8) is 0 Å². The largest absolute Gasteiger partial charge is 0.438 e. The zero-order valence-corrected chi connectivity index (χ0v) is 16.0. The summed E-state index contributed by atoms with van der Waals surface area (Å²) >= 11 is 3.37. The van der Waals surface area contributed by atoms with Crippen LogP contribution in [0, 0.1) is 6.92 Å². The van der Waals surface area contributed by atoms with Crippen LogP contribution in [0.3, 0.4) is 0 Å². The van der Waals surface area contributed by atoms with Gasteiger partial charge in [-0.05, 0) is 43.2 Å². The Hall–Kier alpha value is -1.98. The highest BCUT2D eigenvalue weighted by atomic mass is 32.2. The normalized spacial score (nSPS) is 12.3. The van der Waals surface area contributed by atoms with E-state index in [1.54, 1.807) is 23.5 Å². The lowest BCUT2D eigenvalue weighted by molar-refractivity contribution is 0.435. The number of rotatable bonds is 3. The fourth-order valence-corrected chi connectivity index (χ4v) is 3.95. The predicted molar refractivity (Wildman–Crippen MR) is 105 cm³/mol. The number of fused-ring (bicyclic) bond motifs is 2. The molecular weight excluding hydrogens is 348 g/mol. The molecule has 1 aromatic heterocycles. The average molecular weight is 367 g/mol. The Morgan fingerprint density at radius 2 is 1.76 bits per heavy atom. The number of benzene rings is 2. The molecule has 0 saturated heterocycles. The van der Waals surface area contributed by atoms with E-state index in [0.29, 0.717) is 11.7 Å².